The Morgan fingerprint density at radius 2 is 2.00 bits per heavy atom. The van der Waals surface area contributed by atoms with Gasteiger partial charge in [0.2, 0.25) is 0 Å². The summed E-state index contributed by atoms with van der Waals surface area (Å²) in [7, 11) is 0. The summed E-state index contributed by atoms with van der Waals surface area (Å²) in [6, 6.07) is 5.54. The van der Waals surface area contributed by atoms with Crippen LogP contribution >= 0.6 is 0 Å². The highest BCUT2D eigenvalue weighted by molar-refractivity contribution is 5.69. The maximum absolute atomic E-state index is 5.69. The summed E-state index contributed by atoms with van der Waals surface area (Å²) in [5.74, 6) is 0.576. The van der Waals surface area contributed by atoms with Crippen molar-refractivity contribution in [2.75, 3.05) is 36.5 Å². The van der Waals surface area contributed by atoms with E-state index in [0.29, 0.717) is 23.9 Å². The van der Waals surface area contributed by atoms with Gasteiger partial charge in [0.1, 0.15) is 0 Å². The fourth-order valence-corrected chi connectivity index (χ4v) is 1.27. The van der Waals surface area contributed by atoms with Crippen LogP contribution < -0.4 is 16.8 Å². The van der Waals surface area contributed by atoms with Crippen molar-refractivity contribution < 1.29 is 4.74 Å². The quantitative estimate of drug-likeness (QED) is 0.509. The van der Waals surface area contributed by atoms with Gasteiger partial charge in [-0.3, -0.25) is 0 Å². The molecular formula is C12H21N3O. The Bertz CT molecular complexity index is 326. The molecule has 0 spiro atoms. The predicted octanol–water partition coefficient (Wildman–Crippen LogP) is 1.94. The van der Waals surface area contributed by atoms with Crippen molar-refractivity contribution in [2.45, 2.75) is 13.8 Å². The second-order valence-electron chi connectivity index (χ2n) is 4.24. The van der Waals surface area contributed by atoms with Crippen molar-refractivity contribution in [3.63, 3.8) is 0 Å². The molecule has 0 radical (unpaired) electrons. The lowest BCUT2D eigenvalue weighted by atomic mass is 10.2. The number of benzene rings is 1. The topological polar surface area (TPSA) is 73.3 Å². The van der Waals surface area contributed by atoms with Crippen LogP contribution in [-0.2, 0) is 4.74 Å². The maximum atomic E-state index is 5.69. The lowest BCUT2D eigenvalue weighted by Gasteiger charge is -2.10. The largest absolute Gasteiger partial charge is 0.397 e. The van der Waals surface area contributed by atoms with E-state index in [0.717, 1.165) is 18.8 Å². The molecule has 0 atom stereocenters. The fraction of sp³-hybridized carbons (Fsp3) is 0.500. The molecule has 0 bridgehead atoms. The molecule has 90 valence electrons. The summed E-state index contributed by atoms with van der Waals surface area (Å²) in [6.07, 6.45) is 0. The molecule has 0 saturated carbocycles. The highest BCUT2D eigenvalue weighted by Crippen LogP contribution is 2.19. The van der Waals surface area contributed by atoms with E-state index in [4.69, 9.17) is 16.2 Å². The molecule has 0 amide bonds. The molecule has 0 aliphatic carbocycles. The van der Waals surface area contributed by atoms with Gasteiger partial charge in [0.05, 0.1) is 18.0 Å². The van der Waals surface area contributed by atoms with Crippen LogP contribution in [0.5, 0.6) is 0 Å². The average Bonchev–Trinajstić information content (AvgIpc) is 2.22. The summed E-state index contributed by atoms with van der Waals surface area (Å²) in [5.41, 5.74) is 13.5. The number of nitrogens with two attached hydrogens (primary N) is 2. The highest BCUT2D eigenvalue weighted by Gasteiger charge is 1.97. The summed E-state index contributed by atoms with van der Waals surface area (Å²) in [6.45, 7) is 6.53. The normalized spacial score (nSPS) is 10.7. The van der Waals surface area contributed by atoms with E-state index in [9.17, 15) is 0 Å². The predicted molar refractivity (Wildman–Crippen MR) is 69.4 cm³/mol. The fourth-order valence-electron chi connectivity index (χ4n) is 1.27. The molecule has 1 aromatic carbocycles. The number of hydrogen-bond acceptors (Lipinski definition) is 4. The molecule has 0 fully saturated rings. The second-order valence-corrected chi connectivity index (χ2v) is 4.24. The molecule has 0 aromatic heterocycles. The third kappa shape index (κ3) is 4.40. The van der Waals surface area contributed by atoms with Gasteiger partial charge in [0.15, 0.2) is 0 Å². The van der Waals surface area contributed by atoms with Crippen molar-refractivity contribution in [2.24, 2.45) is 5.92 Å². The first-order valence-electron chi connectivity index (χ1n) is 5.56. The minimum Gasteiger partial charge on any atom is -0.397 e. The Morgan fingerprint density at radius 1 is 1.25 bits per heavy atom. The van der Waals surface area contributed by atoms with E-state index < -0.39 is 0 Å². The Kier molecular flexibility index (Phi) is 4.92. The van der Waals surface area contributed by atoms with E-state index in [1.807, 2.05) is 12.1 Å². The van der Waals surface area contributed by atoms with Gasteiger partial charge in [-0.2, -0.15) is 0 Å². The third-order valence-corrected chi connectivity index (χ3v) is 2.11. The molecule has 1 rings (SSSR count). The smallest absolute Gasteiger partial charge is 0.0639 e. The first kappa shape index (κ1) is 12.6. The van der Waals surface area contributed by atoms with Gasteiger partial charge in [0.25, 0.3) is 0 Å². The summed E-state index contributed by atoms with van der Waals surface area (Å²) >= 11 is 0. The summed E-state index contributed by atoms with van der Waals surface area (Å²) in [5, 5.41) is 3.23. The number of anilines is 3. The highest BCUT2D eigenvalue weighted by atomic mass is 16.5. The zero-order valence-electron chi connectivity index (χ0n) is 9.99. The third-order valence-electron chi connectivity index (χ3n) is 2.11. The first-order chi connectivity index (χ1) is 7.59. The molecule has 16 heavy (non-hydrogen) atoms. The van der Waals surface area contributed by atoms with Gasteiger partial charge in [-0.15, -0.1) is 0 Å². The number of rotatable bonds is 6. The SMILES string of the molecule is CC(C)COCCNc1ccc(N)c(N)c1. The van der Waals surface area contributed by atoms with Gasteiger partial charge in [-0.25, -0.2) is 0 Å². The van der Waals surface area contributed by atoms with Crippen molar-refractivity contribution in [1.82, 2.24) is 0 Å². The van der Waals surface area contributed by atoms with Crippen LogP contribution in [0.4, 0.5) is 17.1 Å². The van der Waals surface area contributed by atoms with E-state index in [1.165, 1.54) is 0 Å². The van der Waals surface area contributed by atoms with Crippen LogP contribution in [0, 0.1) is 5.92 Å². The van der Waals surface area contributed by atoms with Gasteiger partial charge < -0.3 is 21.5 Å². The number of hydrogen-bond donors (Lipinski definition) is 3. The molecule has 4 heteroatoms. The van der Waals surface area contributed by atoms with Crippen LogP contribution in [0.3, 0.4) is 0 Å². The van der Waals surface area contributed by atoms with Gasteiger partial charge in [-0.05, 0) is 24.1 Å². The molecule has 4 nitrogen and oxygen atoms in total. The molecule has 0 unspecified atom stereocenters. The van der Waals surface area contributed by atoms with Gasteiger partial charge in [0, 0.05) is 18.8 Å². The number of ether oxygens (including phenoxy) is 1. The Labute approximate surface area is 97.0 Å². The lowest BCUT2D eigenvalue weighted by Crippen LogP contribution is -2.12. The van der Waals surface area contributed by atoms with Gasteiger partial charge in [-0.1, -0.05) is 13.8 Å². The molecule has 0 aliphatic heterocycles. The van der Waals surface area contributed by atoms with Crippen LogP contribution in [0.15, 0.2) is 18.2 Å². The summed E-state index contributed by atoms with van der Waals surface area (Å²) in [4.78, 5) is 0. The minimum absolute atomic E-state index is 0.576. The van der Waals surface area contributed by atoms with Crippen LogP contribution in [-0.4, -0.2) is 19.8 Å². The van der Waals surface area contributed by atoms with Crippen molar-refractivity contribution in [1.29, 1.82) is 0 Å². The Balaban J connectivity index is 2.24. The van der Waals surface area contributed by atoms with Gasteiger partial charge >= 0.3 is 0 Å². The average molecular weight is 223 g/mol. The molecular weight excluding hydrogens is 202 g/mol. The molecule has 1 aromatic rings. The standard InChI is InChI=1S/C12H21N3O/c1-9(2)8-16-6-5-15-10-3-4-11(13)12(14)7-10/h3-4,7,9,15H,5-6,8,13-14H2,1-2H3. The monoisotopic (exact) mass is 223 g/mol. The number of nitrogens with one attached hydrogen (secondary N) is 1. The van der Waals surface area contributed by atoms with Crippen LogP contribution in [0.25, 0.3) is 0 Å². The zero-order chi connectivity index (χ0) is 12.0. The molecule has 5 N–H and O–H groups in total. The van der Waals surface area contributed by atoms with Crippen molar-refractivity contribution in [3.8, 4) is 0 Å². The number of nitrogen functional groups attached to an aromatic ring is 2. The van der Waals surface area contributed by atoms with Crippen molar-refractivity contribution in [3.05, 3.63) is 18.2 Å². The molecule has 0 heterocycles. The Morgan fingerprint density at radius 3 is 2.62 bits per heavy atom. The van der Waals surface area contributed by atoms with E-state index in [-0.39, 0.29) is 0 Å². The van der Waals surface area contributed by atoms with E-state index >= 15 is 0 Å². The van der Waals surface area contributed by atoms with E-state index in [1.54, 1.807) is 6.07 Å². The lowest BCUT2D eigenvalue weighted by molar-refractivity contribution is 0.118. The maximum Gasteiger partial charge on any atom is 0.0639 e. The molecule has 0 aliphatic rings. The zero-order valence-corrected chi connectivity index (χ0v) is 9.99. The van der Waals surface area contributed by atoms with Crippen LogP contribution in [0.2, 0.25) is 0 Å². The van der Waals surface area contributed by atoms with Crippen molar-refractivity contribution >= 4 is 17.1 Å². The Hall–Kier alpha value is -1.42. The summed E-state index contributed by atoms with van der Waals surface area (Å²) < 4.78 is 5.45. The van der Waals surface area contributed by atoms with E-state index in [2.05, 4.69) is 19.2 Å². The molecule has 0 saturated heterocycles. The second kappa shape index (κ2) is 6.23. The minimum atomic E-state index is 0.576. The first-order valence-corrected chi connectivity index (χ1v) is 5.56. The van der Waals surface area contributed by atoms with Crippen LogP contribution in [0.1, 0.15) is 13.8 Å².